The van der Waals surface area contributed by atoms with E-state index in [1.165, 1.54) is 4.68 Å². The molecule has 20 heavy (non-hydrogen) atoms. The molecule has 0 saturated heterocycles. The summed E-state index contributed by atoms with van der Waals surface area (Å²) < 4.78 is 11.6. The molecular weight excluding hydrogens is 286 g/mol. The fraction of sp³-hybridized carbons (Fsp3) is 0.750. The van der Waals surface area contributed by atoms with Crippen LogP contribution in [0.3, 0.4) is 0 Å². The topological polar surface area (TPSA) is 86.5 Å². The molecule has 114 valence electrons. The Bertz CT molecular complexity index is 436. The van der Waals surface area contributed by atoms with Crippen molar-refractivity contribution in [2.45, 2.75) is 45.4 Å². The van der Waals surface area contributed by atoms with Crippen LogP contribution in [0.2, 0.25) is 0 Å². The molecule has 1 aromatic heterocycles. The molecule has 0 radical (unpaired) electrons. The van der Waals surface area contributed by atoms with Gasteiger partial charge in [-0.15, -0.1) is 16.7 Å². The van der Waals surface area contributed by atoms with E-state index in [1.54, 1.807) is 6.92 Å². The molecule has 0 aliphatic carbocycles. The molecule has 0 fully saturated rings. The first-order valence-electron chi connectivity index (χ1n) is 6.44. The van der Waals surface area contributed by atoms with E-state index < -0.39 is 12.1 Å². The minimum absolute atomic E-state index is 0.0305. The standard InChI is InChI=1S/C12H20ClN3O4/c1-4-19-12(18)11-10(5-13)16(15-14-11)6-9(17)7-20-8(2)3/h8-9,17H,4-7H2,1-3H3. The first kappa shape index (κ1) is 16.9. The van der Waals surface area contributed by atoms with Gasteiger partial charge in [0.15, 0.2) is 5.69 Å². The molecule has 1 heterocycles. The van der Waals surface area contributed by atoms with Gasteiger partial charge >= 0.3 is 5.97 Å². The van der Waals surface area contributed by atoms with Gasteiger partial charge in [0.25, 0.3) is 0 Å². The van der Waals surface area contributed by atoms with E-state index in [0.717, 1.165) is 0 Å². The maximum absolute atomic E-state index is 11.7. The van der Waals surface area contributed by atoms with Crippen LogP contribution in [-0.4, -0.2) is 51.5 Å². The van der Waals surface area contributed by atoms with Gasteiger partial charge in [-0.25, -0.2) is 9.48 Å². The summed E-state index contributed by atoms with van der Waals surface area (Å²) in [6.07, 6.45) is -0.723. The van der Waals surface area contributed by atoms with E-state index >= 15 is 0 Å². The number of carbonyl (C=O) groups excluding carboxylic acids is 1. The normalized spacial score (nSPS) is 12.7. The number of carbonyl (C=O) groups is 1. The molecule has 1 rings (SSSR count). The molecule has 0 amide bonds. The summed E-state index contributed by atoms with van der Waals surface area (Å²) in [4.78, 5) is 11.7. The summed E-state index contributed by atoms with van der Waals surface area (Å²) in [5.41, 5.74) is 0.507. The first-order valence-corrected chi connectivity index (χ1v) is 6.98. The Labute approximate surface area is 122 Å². The average Bonchev–Trinajstić information content (AvgIpc) is 2.79. The van der Waals surface area contributed by atoms with Gasteiger partial charge in [-0.3, -0.25) is 0 Å². The van der Waals surface area contributed by atoms with Crippen molar-refractivity contribution in [1.29, 1.82) is 0 Å². The number of aliphatic hydroxyl groups is 1. The lowest BCUT2D eigenvalue weighted by Gasteiger charge is -2.14. The molecule has 1 atom stereocenters. The zero-order valence-corrected chi connectivity index (χ0v) is 12.6. The Morgan fingerprint density at radius 1 is 1.50 bits per heavy atom. The highest BCUT2D eigenvalue weighted by atomic mass is 35.5. The number of alkyl halides is 1. The molecule has 0 aromatic carbocycles. The van der Waals surface area contributed by atoms with Crippen LogP contribution in [0.4, 0.5) is 0 Å². The highest BCUT2D eigenvalue weighted by Gasteiger charge is 2.21. The van der Waals surface area contributed by atoms with Gasteiger partial charge in [0.2, 0.25) is 0 Å². The number of halogens is 1. The third-order valence-electron chi connectivity index (χ3n) is 2.44. The van der Waals surface area contributed by atoms with Crippen LogP contribution >= 0.6 is 11.6 Å². The van der Waals surface area contributed by atoms with Crippen LogP contribution in [0.25, 0.3) is 0 Å². The van der Waals surface area contributed by atoms with E-state index in [-0.39, 0.29) is 37.4 Å². The second kappa shape index (κ2) is 8.18. The smallest absolute Gasteiger partial charge is 0.360 e. The number of esters is 1. The number of rotatable bonds is 8. The third kappa shape index (κ3) is 4.73. The minimum Gasteiger partial charge on any atom is -0.461 e. The second-order valence-corrected chi connectivity index (χ2v) is 4.72. The lowest BCUT2D eigenvalue weighted by Crippen LogP contribution is -2.25. The van der Waals surface area contributed by atoms with Gasteiger partial charge in [-0.05, 0) is 20.8 Å². The predicted octanol–water partition coefficient (Wildman–Crippen LogP) is 0.979. The molecule has 0 saturated carbocycles. The molecular formula is C12H20ClN3O4. The Balaban J connectivity index is 2.73. The molecule has 1 aromatic rings. The van der Waals surface area contributed by atoms with Crippen LogP contribution in [0.1, 0.15) is 37.0 Å². The third-order valence-corrected chi connectivity index (χ3v) is 2.69. The van der Waals surface area contributed by atoms with Crippen molar-refractivity contribution >= 4 is 17.6 Å². The molecule has 0 aliphatic rings. The van der Waals surface area contributed by atoms with Gasteiger partial charge in [-0.2, -0.15) is 0 Å². The van der Waals surface area contributed by atoms with Gasteiger partial charge in [-0.1, -0.05) is 5.21 Å². The summed E-state index contributed by atoms with van der Waals surface area (Å²) >= 11 is 5.81. The highest BCUT2D eigenvalue weighted by molar-refractivity contribution is 6.17. The van der Waals surface area contributed by atoms with E-state index in [2.05, 4.69) is 10.3 Å². The van der Waals surface area contributed by atoms with Gasteiger partial charge in [0.05, 0.1) is 43.5 Å². The summed E-state index contributed by atoms with van der Waals surface area (Å²) in [5, 5.41) is 17.4. The second-order valence-electron chi connectivity index (χ2n) is 4.46. The monoisotopic (exact) mass is 305 g/mol. The minimum atomic E-state index is -0.754. The van der Waals surface area contributed by atoms with Gasteiger partial charge < -0.3 is 14.6 Å². The summed E-state index contributed by atoms with van der Waals surface area (Å²) in [7, 11) is 0. The van der Waals surface area contributed by atoms with E-state index in [0.29, 0.717) is 5.69 Å². The van der Waals surface area contributed by atoms with Crippen molar-refractivity contribution in [2.24, 2.45) is 0 Å². The van der Waals surface area contributed by atoms with Crippen LogP contribution < -0.4 is 0 Å². The fourth-order valence-corrected chi connectivity index (χ4v) is 1.79. The zero-order chi connectivity index (χ0) is 15.1. The molecule has 7 nitrogen and oxygen atoms in total. The molecule has 0 aliphatic heterocycles. The quantitative estimate of drug-likeness (QED) is 0.569. The number of aromatic nitrogens is 3. The average molecular weight is 306 g/mol. The van der Waals surface area contributed by atoms with Crippen molar-refractivity contribution in [3.05, 3.63) is 11.4 Å². The number of hydrogen-bond acceptors (Lipinski definition) is 6. The van der Waals surface area contributed by atoms with Gasteiger partial charge in [0.1, 0.15) is 0 Å². The van der Waals surface area contributed by atoms with E-state index in [4.69, 9.17) is 21.1 Å². The van der Waals surface area contributed by atoms with Crippen molar-refractivity contribution in [2.75, 3.05) is 13.2 Å². The highest BCUT2D eigenvalue weighted by Crippen LogP contribution is 2.11. The largest absolute Gasteiger partial charge is 0.461 e. The number of hydrogen-bond donors (Lipinski definition) is 1. The predicted molar refractivity (Wildman–Crippen MR) is 72.6 cm³/mol. The summed E-state index contributed by atoms with van der Waals surface area (Å²) in [6, 6.07) is 0. The Morgan fingerprint density at radius 3 is 2.75 bits per heavy atom. The number of nitrogens with zero attached hydrogens (tertiary/aromatic N) is 3. The zero-order valence-electron chi connectivity index (χ0n) is 11.9. The first-order chi connectivity index (χ1) is 9.49. The van der Waals surface area contributed by atoms with Crippen molar-refractivity contribution in [1.82, 2.24) is 15.0 Å². The Hall–Kier alpha value is -1.18. The Morgan fingerprint density at radius 2 is 2.20 bits per heavy atom. The van der Waals surface area contributed by atoms with Crippen molar-refractivity contribution in [3.63, 3.8) is 0 Å². The molecule has 0 bridgehead atoms. The maximum atomic E-state index is 11.7. The van der Waals surface area contributed by atoms with E-state index in [9.17, 15) is 9.90 Å². The van der Waals surface area contributed by atoms with Crippen LogP contribution in [0.5, 0.6) is 0 Å². The lowest BCUT2D eigenvalue weighted by atomic mass is 10.3. The molecule has 8 heteroatoms. The summed E-state index contributed by atoms with van der Waals surface area (Å²) in [5.74, 6) is -0.513. The SMILES string of the molecule is CCOC(=O)c1nnn(CC(O)COC(C)C)c1CCl. The van der Waals surface area contributed by atoms with Crippen molar-refractivity contribution in [3.8, 4) is 0 Å². The Kier molecular flexibility index (Phi) is 6.90. The van der Waals surface area contributed by atoms with Crippen molar-refractivity contribution < 1.29 is 19.4 Å². The molecule has 0 spiro atoms. The molecule has 1 unspecified atom stereocenters. The van der Waals surface area contributed by atoms with Gasteiger partial charge in [0, 0.05) is 0 Å². The van der Waals surface area contributed by atoms with E-state index in [1.807, 2.05) is 13.8 Å². The summed E-state index contributed by atoms with van der Waals surface area (Å²) in [6.45, 7) is 6.04. The van der Waals surface area contributed by atoms with Crippen LogP contribution in [0.15, 0.2) is 0 Å². The van der Waals surface area contributed by atoms with Crippen LogP contribution in [0, 0.1) is 0 Å². The maximum Gasteiger partial charge on any atom is 0.360 e. The number of aliphatic hydroxyl groups excluding tert-OH is 1. The lowest BCUT2D eigenvalue weighted by molar-refractivity contribution is -0.00246. The number of ether oxygens (including phenoxy) is 2. The molecule has 1 N–H and O–H groups in total. The van der Waals surface area contributed by atoms with Crippen LogP contribution in [-0.2, 0) is 21.9 Å². The fourth-order valence-electron chi connectivity index (χ4n) is 1.53.